The Labute approximate surface area is 168 Å². The average molecular weight is 407 g/mol. The van der Waals surface area contributed by atoms with Crippen LogP contribution in [0.5, 0.6) is 5.75 Å². The van der Waals surface area contributed by atoms with Gasteiger partial charge in [-0.2, -0.15) is 13.2 Å². The first kappa shape index (κ1) is 21.0. The molecule has 1 saturated heterocycles. The number of anilines is 2. The quantitative estimate of drug-likeness (QED) is 0.818. The molecule has 1 amide bonds. The van der Waals surface area contributed by atoms with Crippen LogP contribution >= 0.6 is 0 Å². The van der Waals surface area contributed by atoms with Gasteiger partial charge in [-0.25, -0.2) is 0 Å². The average Bonchev–Trinajstić information content (AvgIpc) is 2.73. The summed E-state index contributed by atoms with van der Waals surface area (Å²) >= 11 is 0. The maximum Gasteiger partial charge on any atom is 0.416 e. The number of hydrogen-bond donors (Lipinski definition) is 1. The summed E-state index contributed by atoms with van der Waals surface area (Å²) in [5.41, 5.74) is 0.720. The number of piperazine rings is 1. The first-order valence-corrected chi connectivity index (χ1v) is 9.39. The lowest BCUT2D eigenvalue weighted by atomic mass is 10.1. The van der Waals surface area contributed by atoms with E-state index in [1.807, 2.05) is 31.2 Å². The number of halogens is 3. The van der Waals surface area contributed by atoms with E-state index in [9.17, 15) is 18.0 Å². The van der Waals surface area contributed by atoms with Crippen LogP contribution in [-0.4, -0.2) is 50.1 Å². The molecular weight excluding hydrogens is 383 g/mol. The van der Waals surface area contributed by atoms with Gasteiger partial charge in [-0.1, -0.05) is 0 Å². The highest BCUT2D eigenvalue weighted by atomic mass is 19.4. The number of nitrogens with one attached hydrogen (secondary N) is 1. The first-order chi connectivity index (χ1) is 13.8. The van der Waals surface area contributed by atoms with Crippen molar-refractivity contribution in [3.63, 3.8) is 0 Å². The monoisotopic (exact) mass is 407 g/mol. The third-order valence-electron chi connectivity index (χ3n) is 5.16. The molecule has 1 aliphatic rings. The fraction of sp³-hybridized carbons (Fsp3) is 0.381. The largest absolute Gasteiger partial charge is 0.497 e. The van der Waals surface area contributed by atoms with Crippen LogP contribution < -0.4 is 15.0 Å². The Balaban J connectivity index is 1.53. The Morgan fingerprint density at radius 2 is 1.59 bits per heavy atom. The number of rotatable bonds is 5. The molecule has 5 nitrogen and oxygen atoms in total. The number of benzene rings is 2. The van der Waals surface area contributed by atoms with Crippen LogP contribution in [0.1, 0.15) is 12.5 Å². The Morgan fingerprint density at radius 3 is 2.10 bits per heavy atom. The van der Waals surface area contributed by atoms with Gasteiger partial charge >= 0.3 is 6.18 Å². The first-order valence-electron chi connectivity index (χ1n) is 9.39. The van der Waals surface area contributed by atoms with E-state index in [2.05, 4.69) is 15.1 Å². The van der Waals surface area contributed by atoms with E-state index in [4.69, 9.17) is 4.74 Å². The lowest BCUT2D eigenvalue weighted by Gasteiger charge is -2.38. The summed E-state index contributed by atoms with van der Waals surface area (Å²) in [6.45, 7) is 4.80. The van der Waals surface area contributed by atoms with Gasteiger partial charge in [0.2, 0.25) is 5.91 Å². The van der Waals surface area contributed by atoms with E-state index < -0.39 is 11.7 Å². The van der Waals surface area contributed by atoms with E-state index >= 15 is 0 Å². The van der Waals surface area contributed by atoms with E-state index in [1.54, 1.807) is 7.11 Å². The van der Waals surface area contributed by atoms with Crippen LogP contribution in [0.2, 0.25) is 0 Å². The maximum absolute atomic E-state index is 12.6. The van der Waals surface area contributed by atoms with Crippen LogP contribution in [0.3, 0.4) is 0 Å². The van der Waals surface area contributed by atoms with Crippen LogP contribution in [0.4, 0.5) is 24.5 Å². The van der Waals surface area contributed by atoms with E-state index in [1.165, 1.54) is 12.1 Å². The molecule has 0 unspecified atom stereocenters. The summed E-state index contributed by atoms with van der Waals surface area (Å²) < 4.78 is 43.1. The summed E-state index contributed by atoms with van der Waals surface area (Å²) in [6, 6.07) is 12.0. The molecule has 0 aromatic heterocycles. The van der Waals surface area contributed by atoms with Crippen LogP contribution in [0, 0.1) is 0 Å². The van der Waals surface area contributed by atoms with Crippen molar-refractivity contribution < 1.29 is 22.7 Å². The second-order valence-corrected chi connectivity index (χ2v) is 6.96. The molecule has 0 bridgehead atoms. The fourth-order valence-electron chi connectivity index (χ4n) is 3.32. The highest BCUT2D eigenvalue weighted by Gasteiger charge is 2.30. The number of nitrogens with zero attached hydrogens (tertiary/aromatic N) is 2. The molecule has 8 heteroatoms. The third kappa shape index (κ3) is 5.20. The predicted molar refractivity (Wildman–Crippen MR) is 106 cm³/mol. The summed E-state index contributed by atoms with van der Waals surface area (Å²) in [7, 11) is 1.63. The van der Waals surface area contributed by atoms with Crippen molar-refractivity contribution in [2.24, 2.45) is 0 Å². The Hall–Kier alpha value is -2.74. The summed E-state index contributed by atoms with van der Waals surface area (Å²) in [5, 5.41) is 2.70. The molecule has 2 aromatic rings. The molecule has 1 atom stereocenters. The molecule has 0 spiro atoms. The van der Waals surface area contributed by atoms with Gasteiger partial charge in [-0.15, -0.1) is 0 Å². The predicted octanol–water partition coefficient (Wildman–Crippen LogP) is 3.86. The molecule has 2 aromatic carbocycles. The van der Waals surface area contributed by atoms with Gasteiger partial charge in [0.1, 0.15) is 5.75 Å². The zero-order valence-electron chi connectivity index (χ0n) is 16.4. The lowest BCUT2D eigenvalue weighted by molar-refractivity contribution is -0.137. The number of carbonyl (C=O) groups excluding carboxylic acids is 1. The summed E-state index contributed by atoms with van der Waals surface area (Å²) in [6.07, 6.45) is -4.39. The minimum absolute atomic E-state index is 0.234. The lowest BCUT2D eigenvalue weighted by Crippen LogP contribution is -2.52. The van der Waals surface area contributed by atoms with Crippen LogP contribution in [-0.2, 0) is 11.0 Å². The van der Waals surface area contributed by atoms with Crippen molar-refractivity contribution in [1.82, 2.24) is 4.90 Å². The highest BCUT2D eigenvalue weighted by molar-refractivity contribution is 5.94. The smallest absolute Gasteiger partial charge is 0.416 e. The SMILES string of the molecule is COc1ccc(N2CCN([C@H](C)C(=O)Nc3ccc(C(F)(F)F)cc3)CC2)cc1. The van der Waals surface area contributed by atoms with Gasteiger partial charge in [0, 0.05) is 37.6 Å². The van der Waals surface area contributed by atoms with Crippen molar-refractivity contribution in [3.05, 3.63) is 54.1 Å². The Kier molecular flexibility index (Phi) is 6.32. The summed E-state index contributed by atoms with van der Waals surface area (Å²) in [4.78, 5) is 16.8. The molecule has 0 aliphatic carbocycles. The highest BCUT2D eigenvalue weighted by Crippen LogP contribution is 2.30. The molecule has 3 rings (SSSR count). The molecule has 1 fully saturated rings. The van der Waals surface area contributed by atoms with Crippen LogP contribution in [0.15, 0.2) is 48.5 Å². The van der Waals surface area contributed by atoms with Gasteiger partial charge in [0.15, 0.2) is 0 Å². The van der Waals surface area contributed by atoms with Gasteiger partial charge in [-0.3, -0.25) is 9.69 Å². The van der Waals surface area contributed by atoms with Gasteiger partial charge in [0.05, 0.1) is 18.7 Å². The minimum atomic E-state index is -4.39. The standard InChI is InChI=1S/C21H24F3N3O2/c1-15(20(28)25-17-5-3-16(4-6-17)21(22,23)24)26-11-13-27(14-12-26)18-7-9-19(29-2)10-8-18/h3-10,15H,11-14H2,1-2H3,(H,25,28)/t15-/m1/s1. The summed E-state index contributed by atoms with van der Waals surface area (Å²) in [5.74, 6) is 0.573. The topological polar surface area (TPSA) is 44.8 Å². The maximum atomic E-state index is 12.6. The number of methoxy groups -OCH3 is 1. The van der Waals surface area contributed by atoms with Crippen molar-refractivity contribution in [2.45, 2.75) is 19.1 Å². The normalized spacial score (nSPS) is 16.4. The number of alkyl halides is 3. The van der Waals surface area contributed by atoms with Gasteiger partial charge < -0.3 is 15.0 Å². The van der Waals surface area contributed by atoms with Crippen molar-refractivity contribution in [1.29, 1.82) is 0 Å². The van der Waals surface area contributed by atoms with Gasteiger partial charge in [-0.05, 0) is 55.5 Å². The Bertz CT molecular complexity index is 815. The van der Waals surface area contributed by atoms with Gasteiger partial charge in [0.25, 0.3) is 0 Å². The molecule has 156 valence electrons. The molecule has 0 radical (unpaired) electrons. The van der Waals surface area contributed by atoms with Crippen molar-refractivity contribution >= 4 is 17.3 Å². The number of hydrogen-bond acceptors (Lipinski definition) is 4. The number of carbonyl (C=O) groups is 1. The molecule has 29 heavy (non-hydrogen) atoms. The Morgan fingerprint density at radius 1 is 1.00 bits per heavy atom. The minimum Gasteiger partial charge on any atom is -0.497 e. The third-order valence-corrected chi connectivity index (χ3v) is 5.16. The second-order valence-electron chi connectivity index (χ2n) is 6.96. The molecule has 1 N–H and O–H groups in total. The molecular formula is C21H24F3N3O2. The molecule has 0 saturated carbocycles. The van der Waals surface area contributed by atoms with E-state index in [0.717, 1.165) is 36.7 Å². The second kappa shape index (κ2) is 8.73. The van der Waals surface area contributed by atoms with Crippen molar-refractivity contribution in [3.8, 4) is 5.75 Å². The zero-order chi connectivity index (χ0) is 21.0. The zero-order valence-corrected chi connectivity index (χ0v) is 16.4. The van der Waals surface area contributed by atoms with E-state index in [-0.39, 0.29) is 11.9 Å². The number of ether oxygens (including phenoxy) is 1. The van der Waals surface area contributed by atoms with Crippen molar-refractivity contribution in [2.75, 3.05) is 43.5 Å². The number of amides is 1. The van der Waals surface area contributed by atoms with Crippen LogP contribution in [0.25, 0.3) is 0 Å². The van der Waals surface area contributed by atoms with E-state index in [0.29, 0.717) is 18.8 Å². The fourth-order valence-corrected chi connectivity index (χ4v) is 3.32. The molecule has 1 heterocycles. The molecule has 1 aliphatic heterocycles.